The number of anilines is 1. The van der Waals surface area contributed by atoms with Crippen LogP contribution >= 0.6 is 11.8 Å². The summed E-state index contributed by atoms with van der Waals surface area (Å²) < 4.78 is 24.3. The Bertz CT molecular complexity index is 615. The second-order valence-corrected chi connectivity index (χ2v) is 5.05. The maximum absolute atomic E-state index is 12.2. The van der Waals surface area contributed by atoms with Gasteiger partial charge in [0.05, 0.1) is 0 Å². The fraction of sp³-hybridized carbons (Fsp3) is 0.0667. The smallest absolute Gasteiger partial charge is 0.288 e. The maximum Gasteiger partial charge on any atom is 0.288 e. The van der Waals surface area contributed by atoms with Crippen LogP contribution in [0.1, 0.15) is 5.56 Å². The largest absolute Gasteiger partial charge is 0.307 e. The zero-order valence-electron chi connectivity index (χ0n) is 10.9. The maximum atomic E-state index is 12.2. The van der Waals surface area contributed by atoms with E-state index in [9.17, 15) is 13.6 Å². The van der Waals surface area contributed by atoms with Crippen LogP contribution in [0.5, 0.6) is 0 Å². The second kappa shape index (κ2) is 7.54. The Morgan fingerprint density at radius 3 is 2.57 bits per heavy atom. The van der Waals surface area contributed by atoms with E-state index in [0.29, 0.717) is 22.5 Å². The first kappa shape index (κ1) is 15.2. The van der Waals surface area contributed by atoms with E-state index in [1.54, 1.807) is 54.7 Å². The molecule has 2 rings (SSSR count). The number of aromatic nitrogens is 1. The molecule has 6 heteroatoms. The summed E-state index contributed by atoms with van der Waals surface area (Å²) in [7, 11) is 0. The van der Waals surface area contributed by atoms with Crippen LogP contribution < -0.4 is 5.32 Å². The van der Waals surface area contributed by atoms with Gasteiger partial charge in [0, 0.05) is 17.2 Å². The highest BCUT2D eigenvalue weighted by Gasteiger charge is 2.04. The Morgan fingerprint density at radius 2 is 1.95 bits per heavy atom. The number of nitrogens with one attached hydrogen (secondary N) is 1. The predicted octanol–water partition coefficient (Wildman–Crippen LogP) is 4.05. The van der Waals surface area contributed by atoms with E-state index in [2.05, 4.69) is 10.3 Å². The average molecular weight is 306 g/mol. The number of benzene rings is 1. The number of rotatable bonds is 5. The van der Waals surface area contributed by atoms with Crippen LogP contribution in [0.15, 0.2) is 59.6 Å². The van der Waals surface area contributed by atoms with Gasteiger partial charge >= 0.3 is 0 Å². The van der Waals surface area contributed by atoms with E-state index in [1.165, 1.54) is 6.08 Å². The van der Waals surface area contributed by atoms with Crippen LogP contribution in [0.4, 0.5) is 14.6 Å². The summed E-state index contributed by atoms with van der Waals surface area (Å²) in [6.07, 6.45) is 4.55. The molecule has 0 radical (unpaired) electrons. The molecule has 0 unspecified atom stereocenters. The van der Waals surface area contributed by atoms with Gasteiger partial charge in [0.1, 0.15) is 5.82 Å². The molecule has 0 fully saturated rings. The number of hydrogen-bond donors (Lipinski definition) is 1. The number of carbonyl (C=O) groups is 1. The van der Waals surface area contributed by atoms with Crippen molar-refractivity contribution in [2.45, 2.75) is 10.7 Å². The minimum absolute atomic E-state index is 0.306. The Balaban J connectivity index is 1.93. The zero-order chi connectivity index (χ0) is 15.1. The molecule has 0 aliphatic carbocycles. The van der Waals surface area contributed by atoms with Crippen molar-refractivity contribution in [3.05, 3.63) is 60.3 Å². The average Bonchev–Trinajstić information content (AvgIpc) is 2.47. The van der Waals surface area contributed by atoms with Crippen molar-refractivity contribution >= 4 is 29.6 Å². The molecule has 21 heavy (non-hydrogen) atoms. The number of hydrogen-bond acceptors (Lipinski definition) is 3. The fourth-order valence-electron chi connectivity index (χ4n) is 1.54. The molecule has 0 spiro atoms. The summed E-state index contributed by atoms with van der Waals surface area (Å²) in [5.74, 6) is -2.27. The van der Waals surface area contributed by atoms with E-state index in [4.69, 9.17) is 0 Å². The lowest BCUT2D eigenvalue weighted by Gasteiger charge is -2.01. The number of pyridine rings is 1. The Morgan fingerprint density at radius 1 is 1.19 bits per heavy atom. The lowest BCUT2D eigenvalue weighted by Crippen LogP contribution is -2.08. The third-order valence-corrected chi connectivity index (χ3v) is 3.17. The van der Waals surface area contributed by atoms with Crippen molar-refractivity contribution in [2.24, 2.45) is 0 Å². The molecule has 1 N–H and O–H groups in total. The van der Waals surface area contributed by atoms with Gasteiger partial charge in [0.2, 0.25) is 5.91 Å². The van der Waals surface area contributed by atoms with Gasteiger partial charge in [-0.2, -0.15) is 8.78 Å². The van der Waals surface area contributed by atoms with Gasteiger partial charge in [-0.15, -0.1) is 0 Å². The second-order valence-electron chi connectivity index (χ2n) is 3.99. The first-order valence-electron chi connectivity index (χ1n) is 6.08. The highest BCUT2D eigenvalue weighted by Crippen LogP contribution is 2.25. The molecule has 108 valence electrons. The molecule has 0 saturated carbocycles. The lowest BCUT2D eigenvalue weighted by atomic mass is 10.2. The van der Waals surface area contributed by atoms with E-state index in [0.717, 1.165) is 5.56 Å². The van der Waals surface area contributed by atoms with Crippen LogP contribution in [0.25, 0.3) is 6.08 Å². The van der Waals surface area contributed by atoms with Gasteiger partial charge < -0.3 is 5.32 Å². The molecule has 3 nitrogen and oxygen atoms in total. The van der Waals surface area contributed by atoms with Gasteiger partial charge in [-0.05, 0) is 35.9 Å². The van der Waals surface area contributed by atoms with Gasteiger partial charge in [0.15, 0.2) is 0 Å². The molecular formula is C15H12F2N2OS. The van der Waals surface area contributed by atoms with Gasteiger partial charge in [-0.1, -0.05) is 30.0 Å². The van der Waals surface area contributed by atoms with Crippen LogP contribution in [0, 0.1) is 0 Å². The number of thioether (sulfide) groups is 1. The first-order valence-corrected chi connectivity index (χ1v) is 6.96. The molecule has 0 saturated heterocycles. The normalized spacial score (nSPS) is 11.0. The predicted molar refractivity (Wildman–Crippen MR) is 80.2 cm³/mol. The summed E-state index contributed by atoms with van der Waals surface area (Å²) >= 11 is 0.488. The molecule has 1 amide bonds. The first-order chi connectivity index (χ1) is 10.1. The molecule has 1 aromatic carbocycles. The number of alkyl halides is 2. The summed E-state index contributed by atoms with van der Waals surface area (Å²) in [5.41, 5.74) is 0.754. The SMILES string of the molecule is O=C(C=Cc1ccc(SC(F)F)cc1)Nc1ccccn1. The number of carbonyl (C=O) groups excluding carboxylic acids is 1. The Kier molecular flexibility index (Phi) is 5.45. The van der Waals surface area contributed by atoms with Crippen molar-refractivity contribution in [3.63, 3.8) is 0 Å². The van der Waals surface area contributed by atoms with Crippen molar-refractivity contribution in [2.75, 3.05) is 5.32 Å². The van der Waals surface area contributed by atoms with E-state index in [-0.39, 0.29) is 5.91 Å². The monoisotopic (exact) mass is 306 g/mol. The van der Waals surface area contributed by atoms with E-state index >= 15 is 0 Å². The van der Waals surface area contributed by atoms with Crippen molar-refractivity contribution in [1.82, 2.24) is 4.98 Å². The van der Waals surface area contributed by atoms with E-state index < -0.39 is 5.76 Å². The topological polar surface area (TPSA) is 42.0 Å². The highest BCUT2D eigenvalue weighted by molar-refractivity contribution is 7.99. The van der Waals surface area contributed by atoms with Gasteiger partial charge in [-0.25, -0.2) is 4.98 Å². The van der Waals surface area contributed by atoms with Crippen molar-refractivity contribution < 1.29 is 13.6 Å². The standard InChI is InChI=1S/C15H12F2N2OS/c16-15(17)21-12-7-4-11(5-8-12)6-9-14(20)19-13-3-1-2-10-18-13/h1-10,15H,(H,18,19,20). The quantitative estimate of drug-likeness (QED) is 0.669. The highest BCUT2D eigenvalue weighted by atomic mass is 32.2. The minimum atomic E-state index is -2.43. The Hall–Kier alpha value is -2.21. The van der Waals surface area contributed by atoms with Crippen LogP contribution in [-0.4, -0.2) is 16.6 Å². The summed E-state index contributed by atoms with van der Waals surface area (Å²) in [4.78, 5) is 16.1. The molecule has 0 bridgehead atoms. The number of nitrogens with zero attached hydrogens (tertiary/aromatic N) is 1. The van der Waals surface area contributed by atoms with E-state index in [1.807, 2.05) is 0 Å². The van der Waals surface area contributed by atoms with Crippen molar-refractivity contribution in [3.8, 4) is 0 Å². The molecule has 0 aliphatic rings. The third-order valence-electron chi connectivity index (χ3n) is 2.45. The summed E-state index contributed by atoms with van der Waals surface area (Å²) in [6, 6.07) is 11.7. The molecule has 0 aliphatic heterocycles. The fourth-order valence-corrected chi connectivity index (χ4v) is 2.04. The van der Waals surface area contributed by atoms with Crippen LogP contribution in [0.2, 0.25) is 0 Å². The lowest BCUT2D eigenvalue weighted by molar-refractivity contribution is -0.111. The number of halogens is 2. The minimum Gasteiger partial charge on any atom is -0.307 e. The zero-order valence-corrected chi connectivity index (χ0v) is 11.7. The Labute approximate surface area is 125 Å². The van der Waals surface area contributed by atoms with Gasteiger partial charge in [0.25, 0.3) is 5.76 Å². The molecular weight excluding hydrogens is 294 g/mol. The van der Waals surface area contributed by atoms with Crippen molar-refractivity contribution in [1.29, 1.82) is 0 Å². The molecule has 1 heterocycles. The molecule has 2 aromatic rings. The third kappa shape index (κ3) is 5.35. The summed E-state index contributed by atoms with van der Waals surface area (Å²) in [5, 5.41) is 2.61. The van der Waals surface area contributed by atoms with Gasteiger partial charge in [-0.3, -0.25) is 4.79 Å². The van der Waals surface area contributed by atoms with Crippen LogP contribution in [-0.2, 0) is 4.79 Å². The molecule has 0 atom stereocenters. The molecule has 1 aromatic heterocycles. The summed E-state index contributed by atoms with van der Waals surface area (Å²) in [6.45, 7) is 0. The number of amides is 1. The van der Waals surface area contributed by atoms with Crippen LogP contribution in [0.3, 0.4) is 0 Å².